The lowest BCUT2D eigenvalue weighted by Crippen LogP contribution is -2.14. The highest BCUT2D eigenvalue weighted by molar-refractivity contribution is 7.97. The second kappa shape index (κ2) is 8.60. The number of hydrogen-bond acceptors (Lipinski definition) is 2. The van der Waals surface area contributed by atoms with E-state index < -0.39 is 0 Å². The predicted molar refractivity (Wildman–Crippen MR) is 66.6 cm³/mol. The molecule has 0 saturated heterocycles. The van der Waals surface area contributed by atoms with Gasteiger partial charge in [0.2, 0.25) is 0 Å². The van der Waals surface area contributed by atoms with Crippen LogP contribution in [0.2, 0.25) is 0 Å². The van der Waals surface area contributed by atoms with Crippen molar-refractivity contribution in [1.29, 1.82) is 0 Å². The molecule has 0 amide bonds. The maximum atomic E-state index is 3.48. The Balaban J connectivity index is 1.82. The summed E-state index contributed by atoms with van der Waals surface area (Å²) >= 11 is 1.92. The zero-order chi connectivity index (χ0) is 10.1. The smallest absolute Gasteiger partial charge is 0.00785 e. The second-order valence-electron chi connectivity index (χ2n) is 4.39. The van der Waals surface area contributed by atoms with Crippen LogP contribution in [0, 0.1) is 5.92 Å². The number of rotatable bonds is 7. The van der Waals surface area contributed by atoms with Crippen molar-refractivity contribution in [3.63, 3.8) is 0 Å². The molecule has 0 aromatic rings. The van der Waals surface area contributed by atoms with Gasteiger partial charge in [0.15, 0.2) is 0 Å². The van der Waals surface area contributed by atoms with Crippen LogP contribution in [0.15, 0.2) is 0 Å². The van der Waals surface area contributed by atoms with Crippen LogP contribution in [0.3, 0.4) is 0 Å². The Labute approximate surface area is 93.6 Å². The standard InChI is InChI=1S/C12H25NS/c1-2-3-11-14-13-10-9-12-7-5-4-6-8-12/h12-13H,2-11H2,1H3. The van der Waals surface area contributed by atoms with Crippen molar-refractivity contribution < 1.29 is 0 Å². The first-order valence-corrected chi connectivity index (χ1v) is 7.26. The molecule has 1 rings (SSSR count). The van der Waals surface area contributed by atoms with Crippen molar-refractivity contribution in [2.24, 2.45) is 5.92 Å². The van der Waals surface area contributed by atoms with Gasteiger partial charge >= 0.3 is 0 Å². The summed E-state index contributed by atoms with van der Waals surface area (Å²) in [7, 11) is 0. The number of nitrogens with one attached hydrogen (secondary N) is 1. The number of unbranched alkanes of at least 4 members (excludes halogenated alkanes) is 1. The molecule has 0 spiro atoms. The summed E-state index contributed by atoms with van der Waals surface area (Å²) in [4.78, 5) is 0. The summed E-state index contributed by atoms with van der Waals surface area (Å²) in [6.07, 6.45) is 11.5. The third kappa shape index (κ3) is 5.92. The monoisotopic (exact) mass is 215 g/mol. The van der Waals surface area contributed by atoms with E-state index in [9.17, 15) is 0 Å². The Kier molecular flexibility index (Phi) is 7.61. The third-order valence-corrected chi connectivity index (χ3v) is 3.98. The Hall–Kier alpha value is 0.310. The lowest BCUT2D eigenvalue weighted by molar-refractivity contribution is 0.341. The molecule has 1 fully saturated rings. The van der Waals surface area contributed by atoms with Crippen molar-refractivity contribution in [2.75, 3.05) is 12.3 Å². The van der Waals surface area contributed by atoms with Gasteiger partial charge in [0, 0.05) is 12.3 Å². The highest BCUT2D eigenvalue weighted by Crippen LogP contribution is 2.25. The molecule has 84 valence electrons. The minimum Gasteiger partial charge on any atom is -0.264 e. The number of hydrogen-bond donors (Lipinski definition) is 1. The minimum absolute atomic E-state index is 1.03. The molecule has 2 heteroatoms. The Morgan fingerprint density at radius 3 is 2.71 bits per heavy atom. The van der Waals surface area contributed by atoms with E-state index in [-0.39, 0.29) is 0 Å². The molecule has 1 N–H and O–H groups in total. The van der Waals surface area contributed by atoms with Crippen LogP contribution < -0.4 is 4.72 Å². The summed E-state index contributed by atoms with van der Waals surface area (Å²) in [5.41, 5.74) is 0. The van der Waals surface area contributed by atoms with Crippen molar-refractivity contribution in [2.45, 2.75) is 58.3 Å². The van der Waals surface area contributed by atoms with E-state index in [0.717, 1.165) is 5.92 Å². The quantitative estimate of drug-likeness (QED) is 0.509. The van der Waals surface area contributed by atoms with Crippen molar-refractivity contribution in [3.8, 4) is 0 Å². The molecule has 0 atom stereocenters. The molecule has 0 aromatic heterocycles. The van der Waals surface area contributed by atoms with E-state index in [1.807, 2.05) is 11.9 Å². The van der Waals surface area contributed by atoms with Gasteiger partial charge < -0.3 is 0 Å². The van der Waals surface area contributed by atoms with Gasteiger partial charge in [-0.1, -0.05) is 57.4 Å². The van der Waals surface area contributed by atoms with Gasteiger partial charge in [0.1, 0.15) is 0 Å². The van der Waals surface area contributed by atoms with Gasteiger partial charge in [0.05, 0.1) is 0 Å². The van der Waals surface area contributed by atoms with Crippen molar-refractivity contribution in [3.05, 3.63) is 0 Å². The van der Waals surface area contributed by atoms with E-state index in [1.165, 1.54) is 63.7 Å². The molecule has 14 heavy (non-hydrogen) atoms. The van der Waals surface area contributed by atoms with E-state index in [2.05, 4.69) is 11.6 Å². The molecular weight excluding hydrogens is 190 g/mol. The Bertz CT molecular complexity index is 121. The van der Waals surface area contributed by atoms with Crippen LogP contribution in [-0.4, -0.2) is 12.3 Å². The summed E-state index contributed by atoms with van der Waals surface area (Å²) in [6.45, 7) is 3.47. The lowest BCUT2D eigenvalue weighted by Gasteiger charge is -2.21. The van der Waals surface area contributed by atoms with Crippen molar-refractivity contribution in [1.82, 2.24) is 4.72 Å². The van der Waals surface area contributed by atoms with Gasteiger partial charge in [-0.2, -0.15) is 0 Å². The van der Waals surface area contributed by atoms with Crippen LogP contribution in [0.1, 0.15) is 58.3 Å². The predicted octanol–water partition coefficient (Wildman–Crippen LogP) is 3.99. The highest BCUT2D eigenvalue weighted by Gasteiger charge is 2.12. The minimum atomic E-state index is 1.03. The molecule has 0 radical (unpaired) electrons. The van der Waals surface area contributed by atoms with Crippen LogP contribution in [0.25, 0.3) is 0 Å². The Morgan fingerprint density at radius 1 is 1.21 bits per heavy atom. The lowest BCUT2D eigenvalue weighted by atomic mass is 9.87. The summed E-state index contributed by atoms with van der Waals surface area (Å²) in [5, 5.41) is 0. The SMILES string of the molecule is CCCCSNCCC1CCCCC1. The van der Waals surface area contributed by atoms with Gasteiger partial charge in [-0.25, -0.2) is 0 Å². The first-order valence-electron chi connectivity index (χ1n) is 6.28. The normalized spacial score (nSPS) is 18.6. The zero-order valence-electron chi connectivity index (χ0n) is 9.56. The maximum absolute atomic E-state index is 3.48. The molecule has 1 saturated carbocycles. The van der Waals surface area contributed by atoms with Gasteiger partial charge in [-0.05, 0) is 18.8 Å². The average molecular weight is 215 g/mol. The second-order valence-corrected chi connectivity index (χ2v) is 5.37. The molecule has 1 aliphatic carbocycles. The van der Waals surface area contributed by atoms with E-state index in [0.29, 0.717) is 0 Å². The average Bonchev–Trinajstić information content (AvgIpc) is 2.25. The van der Waals surface area contributed by atoms with Gasteiger partial charge in [0.25, 0.3) is 0 Å². The molecule has 1 aliphatic rings. The fraction of sp³-hybridized carbons (Fsp3) is 1.00. The summed E-state index contributed by atoms with van der Waals surface area (Å²) in [5.74, 6) is 2.31. The molecule has 0 aliphatic heterocycles. The summed E-state index contributed by atoms with van der Waals surface area (Å²) in [6, 6.07) is 0. The molecule has 0 unspecified atom stereocenters. The van der Waals surface area contributed by atoms with Gasteiger partial charge in [-0.15, -0.1) is 0 Å². The van der Waals surface area contributed by atoms with E-state index in [1.54, 1.807) is 0 Å². The maximum Gasteiger partial charge on any atom is 0.00785 e. The topological polar surface area (TPSA) is 12.0 Å². The van der Waals surface area contributed by atoms with Crippen LogP contribution in [-0.2, 0) is 0 Å². The van der Waals surface area contributed by atoms with Crippen LogP contribution in [0.4, 0.5) is 0 Å². The van der Waals surface area contributed by atoms with Crippen molar-refractivity contribution >= 4 is 11.9 Å². The van der Waals surface area contributed by atoms with Crippen LogP contribution >= 0.6 is 11.9 Å². The largest absolute Gasteiger partial charge is 0.264 e. The molecule has 1 nitrogen and oxygen atoms in total. The third-order valence-electron chi connectivity index (χ3n) is 3.08. The Morgan fingerprint density at radius 2 is 2.00 bits per heavy atom. The fourth-order valence-electron chi connectivity index (χ4n) is 2.10. The van der Waals surface area contributed by atoms with E-state index >= 15 is 0 Å². The molecule has 0 bridgehead atoms. The highest BCUT2D eigenvalue weighted by atomic mass is 32.2. The zero-order valence-corrected chi connectivity index (χ0v) is 10.4. The molecular formula is C12H25NS. The molecule has 0 aromatic carbocycles. The van der Waals surface area contributed by atoms with E-state index in [4.69, 9.17) is 0 Å². The van der Waals surface area contributed by atoms with Gasteiger partial charge in [-0.3, -0.25) is 4.72 Å². The van der Waals surface area contributed by atoms with Crippen LogP contribution in [0.5, 0.6) is 0 Å². The first kappa shape index (κ1) is 12.4. The molecule has 0 heterocycles. The summed E-state index contributed by atoms with van der Waals surface area (Å²) < 4.78 is 3.48. The first-order chi connectivity index (χ1) is 6.93. The fourth-order valence-corrected chi connectivity index (χ4v) is 2.94.